The van der Waals surface area contributed by atoms with Gasteiger partial charge in [0.05, 0.1) is 19.3 Å². The van der Waals surface area contributed by atoms with Crippen LogP contribution in [-0.2, 0) is 9.53 Å². The summed E-state index contributed by atoms with van der Waals surface area (Å²) in [5, 5.41) is 18.0. The molecule has 84 valence electrons. The molecule has 5 nitrogen and oxygen atoms in total. The number of carbonyl (C=O) groups is 1. The van der Waals surface area contributed by atoms with E-state index in [9.17, 15) is 9.90 Å². The highest BCUT2D eigenvalue weighted by molar-refractivity contribution is 5.69. The highest BCUT2D eigenvalue weighted by atomic mass is 16.5. The number of hydrogen-bond acceptors (Lipinski definition) is 4. The van der Waals surface area contributed by atoms with Crippen molar-refractivity contribution in [2.75, 3.05) is 26.8 Å². The van der Waals surface area contributed by atoms with E-state index >= 15 is 0 Å². The molecule has 0 aromatic rings. The molecule has 0 rings (SSSR count). The standard InChI is InChI=1S/C9H19NO4/c1-7(8(2)11)10(4-5-14-3)6-9(12)13/h7-8,11H,4-6H2,1-3H3,(H,12,13). The second kappa shape index (κ2) is 6.75. The molecule has 0 spiro atoms. The highest BCUT2D eigenvalue weighted by Crippen LogP contribution is 2.03. The molecule has 0 fully saturated rings. The van der Waals surface area contributed by atoms with Crippen molar-refractivity contribution in [3.05, 3.63) is 0 Å². The molecule has 0 aliphatic carbocycles. The van der Waals surface area contributed by atoms with Gasteiger partial charge in [0.1, 0.15) is 0 Å². The molecule has 2 N–H and O–H groups in total. The first-order valence-corrected chi connectivity index (χ1v) is 4.62. The molecule has 0 aromatic heterocycles. The highest BCUT2D eigenvalue weighted by Gasteiger charge is 2.20. The Kier molecular flexibility index (Phi) is 6.44. The van der Waals surface area contributed by atoms with Gasteiger partial charge in [0, 0.05) is 19.7 Å². The van der Waals surface area contributed by atoms with E-state index in [2.05, 4.69) is 0 Å². The molecule has 0 radical (unpaired) electrons. The van der Waals surface area contributed by atoms with Crippen molar-refractivity contribution in [2.24, 2.45) is 0 Å². The van der Waals surface area contributed by atoms with Crippen molar-refractivity contribution in [3.8, 4) is 0 Å². The Bertz CT molecular complexity index is 172. The van der Waals surface area contributed by atoms with E-state index < -0.39 is 12.1 Å². The summed E-state index contributed by atoms with van der Waals surface area (Å²) in [6.07, 6.45) is -0.550. The Hall–Kier alpha value is -0.650. The smallest absolute Gasteiger partial charge is 0.317 e. The maximum atomic E-state index is 10.5. The Morgan fingerprint density at radius 1 is 1.50 bits per heavy atom. The number of ether oxygens (including phenoxy) is 1. The zero-order chi connectivity index (χ0) is 11.1. The molecular weight excluding hydrogens is 186 g/mol. The minimum atomic E-state index is -0.895. The summed E-state index contributed by atoms with van der Waals surface area (Å²) in [5.41, 5.74) is 0. The van der Waals surface area contributed by atoms with Gasteiger partial charge in [-0.25, -0.2) is 0 Å². The molecular formula is C9H19NO4. The first kappa shape index (κ1) is 13.4. The van der Waals surface area contributed by atoms with Gasteiger partial charge in [-0.3, -0.25) is 9.69 Å². The first-order chi connectivity index (χ1) is 6.49. The predicted octanol–water partition coefficient (Wildman–Crippen LogP) is -0.211. The van der Waals surface area contributed by atoms with E-state index in [1.165, 1.54) is 0 Å². The largest absolute Gasteiger partial charge is 0.480 e. The Balaban J connectivity index is 4.15. The normalized spacial score (nSPS) is 15.5. The van der Waals surface area contributed by atoms with Gasteiger partial charge >= 0.3 is 5.97 Å². The van der Waals surface area contributed by atoms with Crippen LogP contribution in [0.2, 0.25) is 0 Å². The molecule has 0 heterocycles. The van der Waals surface area contributed by atoms with Crippen LogP contribution in [0.1, 0.15) is 13.8 Å². The van der Waals surface area contributed by atoms with Crippen LogP contribution in [0.15, 0.2) is 0 Å². The van der Waals surface area contributed by atoms with Crippen LogP contribution in [-0.4, -0.2) is 60.0 Å². The van der Waals surface area contributed by atoms with Crippen LogP contribution < -0.4 is 0 Å². The zero-order valence-electron chi connectivity index (χ0n) is 8.93. The fraction of sp³-hybridized carbons (Fsp3) is 0.889. The molecule has 0 saturated carbocycles. The first-order valence-electron chi connectivity index (χ1n) is 4.62. The van der Waals surface area contributed by atoms with E-state index in [4.69, 9.17) is 9.84 Å². The van der Waals surface area contributed by atoms with Crippen molar-refractivity contribution in [2.45, 2.75) is 26.0 Å². The lowest BCUT2D eigenvalue weighted by Crippen LogP contribution is -2.44. The third-order valence-corrected chi connectivity index (χ3v) is 2.20. The van der Waals surface area contributed by atoms with Gasteiger partial charge in [0.25, 0.3) is 0 Å². The van der Waals surface area contributed by atoms with Gasteiger partial charge in [-0.05, 0) is 13.8 Å². The topological polar surface area (TPSA) is 70.0 Å². The number of methoxy groups -OCH3 is 1. The minimum Gasteiger partial charge on any atom is -0.480 e. The SMILES string of the molecule is COCCN(CC(=O)O)C(C)C(C)O. The van der Waals surface area contributed by atoms with Crippen LogP contribution >= 0.6 is 0 Å². The summed E-state index contributed by atoms with van der Waals surface area (Å²) < 4.78 is 4.87. The van der Waals surface area contributed by atoms with Crippen LogP contribution in [0.4, 0.5) is 0 Å². The number of carboxylic acids is 1. The third-order valence-electron chi connectivity index (χ3n) is 2.20. The quantitative estimate of drug-likeness (QED) is 0.601. The van der Waals surface area contributed by atoms with Gasteiger partial charge in [0.15, 0.2) is 0 Å². The average Bonchev–Trinajstić information content (AvgIpc) is 2.10. The number of hydrogen-bond donors (Lipinski definition) is 2. The van der Waals surface area contributed by atoms with E-state index in [-0.39, 0.29) is 12.6 Å². The Morgan fingerprint density at radius 3 is 2.43 bits per heavy atom. The molecule has 0 bridgehead atoms. The molecule has 0 amide bonds. The van der Waals surface area contributed by atoms with Crippen molar-refractivity contribution in [1.82, 2.24) is 4.90 Å². The fourth-order valence-electron chi connectivity index (χ4n) is 1.11. The molecule has 0 aliphatic rings. The fourth-order valence-corrected chi connectivity index (χ4v) is 1.11. The lowest BCUT2D eigenvalue weighted by Gasteiger charge is -2.29. The number of aliphatic hydroxyl groups is 1. The van der Waals surface area contributed by atoms with Gasteiger partial charge in [-0.2, -0.15) is 0 Å². The van der Waals surface area contributed by atoms with Gasteiger partial charge in [-0.15, -0.1) is 0 Å². The summed E-state index contributed by atoms with van der Waals surface area (Å²) in [4.78, 5) is 12.2. The second-order valence-corrected chi connectivity index (χ2v) is 3.34. The molecule has 0 aromatic carbocycles. The summed E-state index contributed by atoms with van der Waals surface area (Å²) in [5.74, 6) is -0.895. The predicted molar refractivity (Wildman–Crippen MR) is 52.2 cm³/mol. The number of aliphatic carboxylic acids is 1. The molecule has 0 aliphatic heterocycles. The summed E-state index contributed by atoms with van der Waals surface area (Å²) in [7, 11) is 1.56. The Morgan fingerprint density at radius 2 is 2.07 bits per heavy atom. The monoisotopic (exact) mass is 205 g/mol. The maximum Gasteiger partial charge on any atom is 0.317 e. The lowest BCUT2D eigenvalue weighted by atomic mass is 10.2. The number of carboxylic acid groups (broad SMARTS) is 1. The van der Waals surface area contributed by atoms with Gasteiger partial charge in [-0.1, -0.05) is 0 Å². The van der Waals surface area contributed by atoms with E-state index in [0.717, 1.165) is 0 Å². The minimum absolute atomic E-state index is 0.0740. The number of nitrogens with zero attached hydrogens (tertiary/aromatic N) is 1. The van der Waals surface area contributed by atoms with Crippen LogP contribution in [0.3, 0.4) is 0 Å². The van der Waals surface area contributed by atoms with Gasteiger partial charge < -0.3 is 14.9 Å². The molecule has 0 saturated heterocycles. The number of aliphatic hydroxyl groups excluding tert-OH is 1. The molecule has 2 atom stereocenters. The van der Waals surface area contributed by atoms with Crippen molar-refractivity contribution in [3.63, 3.8) is 0 Å². The Labute approximate surface area is 84.3 Å². The average molecular weight is 205 g/mol. The van der Waals surface area contributed by atoms with E-state index in [1.807, 2.05) is 0 Å². The third kappa shape index (κ3) is 5.16. The van der Waals surface area contributed by atoms with E-state index in [1.54, 1.807) is 25.9 Å². The summed E-state index contributed by atoms with van der Waals surface area (Å²) in [6, 6.07) is -0.179. The second-order valence-electron chi connectivity index (χ2n) is 3.34. The van der Waals surface area contributed by atoms with Crippen molar-refractivity contribution in [1.29, 1.82) is 0 Å². The molecule has 2 unspecified atom stereocenters. The lowest BCUT2D eigenvalue weighted by molar-refractivity contribution is -0.139. The number of rotatable bonds is 7. The van der Waals surface area contributed by atoms with Crippen molar-refractivity contribution >= 4 is 5.97 Å². The van der Waals surface area contributed by atoms with Crippen LogP contribution in [0.25, 0.3) is 0 Å². The van der Waals surface area contributed by atoms with Crippen LogP contribution in [0, 0.1) is 0 Å². The van der Waals surface area contributed by atoms with Crippen LogP contribution in [0.5, 0.6) is 0 Å². The van der Waals surface area contributed by atoms with E-state index in [0.29, 0.717) is 13.2 Å². The van der Waals surface area contributed by atoms with Gasteiger partial charge in [0.2, 0.25) is 0 Å². The zero-order valence-corrected chi connectivity index (χ0v) is 8.93. The maximum absolute atomic E-state index is 10.5. The molecule has 5 heteroatoms. The molecule has 14 heavy (non-hydrogen) atoms. The van der Waals surface area contributed by atoms with Crippen molar-refractivity contribution < 1.29 is 19.7 Å². The summed E-state index contributed by atoms with van der Waals surface area (Å²) in [6.45, 7) is 4.34. The summed E-state index contributed by atoms with van der Waals surface area (Å²) >= 11 is 0.